The summed E-state index contributed by atoms with van der Waals surface area (Å²) in [5, 5.41) is 2.70. The highest BCUT2D eigenvalue weighted by Gasteiger charge is 2.35. The minimum absolute atomic E-state index is 0.763. The minimum Gasteiger partial charge on any atom is -0.407 e. The highest BCUT2D eigenvalue weighted by molar-refractivity contribution is 6.96. The lowest BCUT2D eigenvalue weighted by Crippen LogP contribution is -2.59. The summed E-state index contributed by atoms with van der Waals surface area (Å²) in [6.07, 6.45) is 0. The molecule has 0 aliphatic rings. The van der Waals surface area contributed by atoms with E-state index >= 15 is 0 Å². The first kappa shape index (κ1) is 16.0. The second-order valence-electron chi connectivity index (χ2n) is 5.87. The lowest BCUT2D eigenvalue weighted by molar-refractivity contribution is 0.261. The molecule has 0 saturated heterocycles. The second-order valence-corrected chi connectivity index (χ2v) is 9.34. The maximum absolute atomic E-state index is 6.49. The van der Waals surface area contributed by atoms with Gasteiger partial charge in [0.2, 0.25) is 0 Å². The van der Waals surface area contributed by atoms with Gasteiger partial charge < -0.3 is 9.33 Å². The first-order valence-corrected chi connectivity index (χ1v) is 9.85. The number of hydrogen-bond acceptors (Lipinski definition) is 2. The molecule has 1 atom stereocenters. The van der Waals surface area contributed by atoms with E-state index in [1.165, 1.54) is 15.9 Å². The Kier molecular flexibility index (Phi) is 5.34. The maximum atomic E-state index is 6.49. The van der Waals surface area contributed by atoms with Crippen molar-refractivity contribution in [1.82, 2.24) is 4.90 Å². The van der Waals surface area contributed by atoms with E-state index in [9.17, 15) is 0 Å². The standard InChI is InChI=1S/C18H25NOSi/c1-16-10-8-9-13-18(16)21(4,20-15-14-19(2)3)17-11-6-5-7-12-17/h5-13H,14-15H2,1-4H3. The fourth-order valence-electron chi connectivity index (χ4n) is 2.61. The van der Waals surface area contributed by atoms with Crippen LogP contribution in [0.3, 0.4) is 0 Å². The molecule has 112 valence electrons. The van der Waals surface area contributed by atoms with E-state index in [-0.39, 0.29) is 0 Å². The molecule has 0 amide bonds. The molecule has 1 unspecified atom stereocenters. The van der Waals surface area contributed by atoms with E-state index in [4.69, 9.17) is 4.43 Å². The van der Waals surface area contributed by atoms with Crippen LogP contribution >= 0.6 is 0 Å². The van der Waals surface area contributed by atoms with Gasteiger partial charge in [-0.15, -0.1) is 0 Å². The van der Waals surface area contributed by atoms with Crippen LogP contribution in [0.5, 0.6) is 0 Å². The van der Waals surface area contributed by atoms with Crippen LogP contribution in [0, 0.1) is 6.92 Å². The van der Waals surface area contributed by atoms with Crippen LogP contribution in [-0.2, 0) is 4.43 Å². The minimum atomic E-state index is -2.14. The molecule has 0 aromatic heterocycles. The summed E-state index contributed by atoms with van der Waals surface area (Å²) in [6.45, 7) is 6.19. The monoisotopic (exact) mass is 299 g/mol. The molecule has 2 rings (SSSR count). The average Bonchev–Trinajstić information content (AvgIpc) is 2.48. The van der Waals surface area contributed by atoms with Crippen molar-refractivity contribution in [2.75, 3.05) is 27.2 Å². The second kappa shape index (κ2) is 7.03. The number of nitrogens with zero attached hydrogens (tertiary/aromatic N) is 1. The molecule has 0 aliphatic carbocycles. The zero-order chi connectivity index (χ0) is 15.3. The summed E-state index contributed by atoms with van der Waals surface area (Å²) < 4.78 is 6.49. The van der Waals surface area contributed by atoms with Crippen LogP contribution in [-0.4, -0.2) is 40.5 Å². The van der Waals surface area contributed by atoms with E-state index in [1.807, 2.05) is 0 Å². The highest BCUT2D eigenvalue weighted by atomic mass is 28.4. The molecule has 0 radical (unpaired) electrons. The molecule has 0 fully saturated rings. The van der Waals surface area contributed by atoms with Crippen LogP contribution in [0.2, 0.25) is 6.55 Å². The molecule has 0 N–H and O–H groups in total. The zero-order valence-corrected chi connectivity index (χ0v) is 14.5. The van der Waals surface area contributed by atoms with E-state index in [0.717, 1.165) is 13.2 Å². The van der Waals surface area contributed by atoms with Crippen molar-refractivity contribution in [3.63, 3.8) is 0 Å². The third-order valence-corrected chi connectivity index (χ3v) is 7.72. The molecular weight excluding hydrogens is 274 g/mol. The Morgan fingerprint density at radius 1 is 0.952 bits per heavy atom. The van der Waals surface area contributed by atoms with Crippen LogP contribution in [0.15, 0.2) is 54.6 Å². The summed E-state index contributed by atoms with van der Waals surface area (Å²) in [5.41, 5.74) is 1.32. The third kappa shape index (κ3) is 3.82. The smallest absolute Gasteiger partial charge is 0.253 e. The van der Waals surface area contributed by atoms with Crippen LogP contribution in [0.25, 0.3) is 0 Å². The topological polar surface area (TPSA) is 12.5 Å². The number of hydrogen-bond donors (Lipinski definition) is 0. The Balaban J connectivity index is 2.37. The summed E-state index contributed by atoms with van der Waals surface area (Å²) in [6, 6.07) is 19.3. The molecule has 21 heavy (non-hydrogen) atoms. The van der Waals surface area contributed by atoms with Gasteiger partial charge in [-0.3, -0.25) is 0 Å². The van der Waals surface area contributed by atoms with Gasteiger partial charge in [0.05, 0.1) is 0 Å². The quantitative estimate of drug-likeness (QED) is 0.759. The lowest BCUT2D eigenvalue weighted by atomic mass is 10.2. The molecule has 0 spiro atoms. The molecule has 0 heterocycles. The molecule has 2 aromatic rings. The van der Waals surface area contributed by atoms with Gasteiger partial charge in [0, 0.05) is 13.2 Å². The van der Waals surface area contributed by atoms with Crippen molar-refractivity contribution in [2.45, 2.75) is 13.5 Å². The van der Waals surface area contributed by atoms with Gasteiger partial charge in [-0.1, -0.05) is 54.6 Å². The van der Waals surface area contributed by atoms with Crippen molar-refractivity contribution in [3.05, 3.63) is 60.2 Å². The first-order valence-electron chi connectivity index (χ1n) is 7.44. The predicted molar refractivity (Wildman–Crippen MR) is 93.0 cm³/mol. The lowest BCUT2D eigenvalue weighted by Gasteiger charge is -2.30. The Bertz CT molecular complexity index is 570. The normalized spacial score (nSPS) is 14.1. The van der Waals surface area contributed by atoms with Gasteiger partial charge in [-0.25, -0.2) is 0 Å². The molecule has 2 nitrogen and oxygen atoms in total. The van der Waals surface area contributed by atoms with E-state index in [1.54, 1.807) is 0 Å². The van der Waals surface area contributed by atoms with Gasteiger partial charge in [0.15, 0.2) is 0 Å². The summed E-state index contributed by atoms with van der Waals surface area (Å²) in [5.74, 6) is 0. The Hall–Kier alpha value is -1.42. The molecule has 0 aliphatic heterocycles. The fourth-order valence-corrected chi connectivity index (χ4v) is 5.82. The molecule has 0 saturated carbocycles. The van der Waals surface area contributed by atoms with Crippen molar-refractivity contribution in [1.29, 1.82) is 0 Å². The Morgan fingerprint density at radius 2 is 1.57 bits per heavy atom. The highest BCUT2D eigenvalue weighted by Crippen LogP contribution is 2.10. The number of rotatable bonds is 6. The number of aryl methyl sites for hydroxylation is 1. The third-order valence-electron chi connectivity index (χ3n) is 3.91. The van der Waals surface area contributed by atoms with Gasteiger partial charge >= 0.3 is 0 Å². The van der Waals surface area contributed by atoms with E-state index in [0.29, 0.717) is 0 Å². The zero-order valence-electron chi connectivity index (χ0n) is 13.5. The molecule has 2 aromatic carbocycles. The van der Waals surface area contributed by atoms with Gasteiger partial charge in [-0.05, 0) is 43.5 Å². The Labute approximate surface area is 129 Å². The van der Waals surface area contributed by atoms with Gasteiger partial charge in [0.1, 0.15) is 0 Å². The van der Waals surface area contributed by atoms with Gasteiger partial charge in [0.25, 0.3) is 8.32 Å². The first-order chi connectivity index (χ1) is 10.0. The van der Waals surface area contributed by atoms with Crippen LogP contribution in [0.1, 0.15) is 5.56 Å². The van der Waals surface area contributed by atoms with E-state index < -0.39 is 8.32 Å². The maximum Gasteiger partial charge on any atom is 0.253 e. The van der Waals surface area contributed by atoms with Crippen molar-refractivity contribution < 1.29 is 4.43 Å². The molecular formula is C18H25NOSi. The summed E-state index contributed by atoms with van der Waals surface area (Å²) >= 11 is 0. The van der Waals surface area contributed by atoms with Crippen molar-refractivity contribution in [3.8, 4) is 0 Å². The molecule has 3 heteroatoms. The SMILES string of the molecule is Cc1ccccc1[Si](C)(OCCN(C)C)c1ccccc1. The fraction of sp³-hybridized carbons (Fsp3) is 0.333. The van der Waals surface area contributed by atoms with Crippen molar-refractivity contribution in [2.24, 2.45) is 0 Å². The summed E-state index contributed by atoms with van der Waals surface area (Å²) in [7, 11) is 2.02. The van der Waals surface area contributed by atoms with Crippen LogP contribution in [0.4, 0.5) is 0 Å². The predicted octanol–water partition coefficient (Wildman–Crippen LogP) is 2.26. The van der Waals surface area contributed by atoms with Crippen molar-refractivity contribution >= 4 is 18.7 Å². The largest absolute Gasteiger partial charge is 0.407 e. The average molecular weight is 299 g/mol. The molecule has 0 bridgehead atoms. The summed E-state index contributed by atoms with van der Waals surface area (Å²) in [4.78, 5) is 2.16. The van der Waals surface area contributed by atoms with E-state index in [2.05, 4.69) is 87.1 Å². The van der Waals surface area contributed by atoms with Crippen LogP contribution < -0.4 is 10.4 Å². The van der Waals surface area contributed by atoms with Gasteiger partial charge in [-0.2, -0.15) is 0 Å². The number of benzene rings is 2. The Morgan fingerprint density at radius 3 is 2.19 bits per heavy atom. The number of likely N-dealkylation sites (N-methyl/N-ethyl adjacent to an activating group) is 1.